The number of benzene rings is 2. The highest BCUT2D eigenvalue weighted by atomic mass is 127. The zero-order valence-electron chi connectivity index (χ0n) is 9.29. The molecule has 0 aliphatic rings. The van der Waals surface area contributed by atoms with Gasteiger partial charge < -0.3 is 0 Å². The van der Waals surface area contributed by atoms with Crippen molar-refractivity contribution in [3.8, 4) is 0 Å². The fourth-order valence-electron chi connectivity index (χ4n) is 1.82. The summed E-state index contributed by atoms with van der Waals surface area (Å²) in [5.74, 6) is 0.0160. The third kappa shape index (κ3) is 3.74. The zero-order valence-corrected chi connectivity index (χ0v) is 15.1. The van der Waals surface area contributed by atoms with Crippen molar-refractivity contribution in [1.82, 2.24) is 0 Å². The highest BCUT2D eigenvalue weighted by Crippen LogP contribution is 2.33. The van der Waals surface area contributed by atoms with Crippen molar-refractivity contribution in [2.24, 2.45) is 0 Å². The lowest BCUT2D eigenvalue weighted by Gasteiger charge is -2.19. The van der Waals surface area contributed by atoms with E-state index in [1.54, 1.807) is 0 Å². The fraction of sp³-hybridized carbons (Fsp3) is 0.143. The molecular formula is C14H10Cl2I2. The summed E-state index contributed by atoms with van der Waals surface area (Å²) in [6, 6.07) is 16.6. The van der Waals surface area contributed by atoms with Crippen LogP contribution < -0.4 is 0 Å². The Morgan fingerprint density at radius 1 is 0.667 bits per heavy atom. The Balaban J connectivity index is 2.39. The molecule has 0 bridgehead atoms. The van der Waals surface area contributed by atoms with Gasteiger partial charge in [0.15, 0.2) is 0 Å². The number of alkyl halides is 2. The van der Waals surface area contributed by atoms with Gasteiger partial charge in [-0.25, -0.2) is 0 Å². The van der Waals surface area contributed by atoms with Crippen LogP contribution in [-0.4, -0.2) is 4.84 Å². The van der Waals surface area contributed by atoms with E-state index in [0.717, 1.165) is 11.1 Å². The van der Waals surface area contributed by atoms with Gasteiger partial charge in [-0.15, -0.1) is 23.2 Å². The number of hydrogen-bond donors (Lipinski definition) is 0. The second-order valence-electron chi connectivity index (χ2n) is 3.92. The lowest BCUT2D eigenvalue weighted by Crippen LogP contribution is -2.09. The van der Waals surface area contributed by atoms with E-state index in [9.17, 15) is 0 Å². The van der Waals surface area contributed by atoms with Crippen molar-refractivity contribution in [2.45, 2.75) is 10.8 Å². The van der Waals surface area contributed by atoms with Gasteiger partial charge in [-0.1, -0.05) is 24.3 Å². The molecule has 0 spiro atoms. The average molecular weight is 503 g/mol. The van der Waals surface area contributed by atoms with Crippen LogP contribution in [0.15, 0.2) is 48.5 Å². The third-order valence-electron chi connectivity index (χ3n) is 2.71. The summed E-state index contributed by atoms with van der Waals surface area (Å²) in [5.41, 5.74) is 2.29. The Morgan fingerprint density at radius 2 is 1.00 bits per heavy atom. The van der Waals surface area contributed by atoms with E-state index in [0.29, 0.717) is 0 Å². The van der Waals surface area contributed by atoms with E-state index < -0.39 is 4.84 Å². The molecular weight excluding hydrogens is 493 g/mol. The minimum absolute atomic E-state index is 0.0160. The van der Waals surface area contributed by atoms with E-state index in [-0.39, 0.29) is 5.92 Å². The molecule has 0 heterocycles. The van der Waals surface area contributed by atoms with Crippen LogP contribution in [0.3, 0.4) is 0 Å². The first-order valence-corrected chi connectivity index (χ1v) is 8.40. The molecule has 0 saturated carbocycles. The van der Waals surface area contributed by atoms with Gasteiger partial charge in [0.05, 0.1) is 0 Å². The highest BCUT2D eigenvalue weighted by molar-refractivity contribution is 14.1. The second-order valence-corrected chi connectivity index (χ2v) is 7.57. The van der Waals surface area contributed by atoms with Crippen LogP contribution in [0.4, 0.5) is 0 Å². The van der Waals surface area contributed by atoms with E-state index in [1.165, 1.54) is 7.14 Å². The van der Waals surface area contributed by atoms with Crippen LogP contribution in [0.25, 0.3) is 0 Å². The van der Waals surface area contributed by atoms with Crippen molar-refractivity contribution in [3.05, 3.63) is 66.8 Å². The predicted octanol–water partition coefficient (Wildman–Crippen LogP) is 5.83. The Hall–Kier alpha value is 0.480. The lowest BCUT2D eigenvalue weighted by atomic mass is 9.93. The van der Waals surface area contributed by atoms with E-state index in [2.05, 4.69) is 93.7 Å². The molecule has 0 aliphatic carbocycles. The molecule has 0 N–H and O–H groups in total. The summed E-state index contributed by atoms with van der Waals surface area (Å²) in [7, 11) is 0. The SMILES string of the molecule is ClC(Cl)C(c1ccc(I)cc1)c1ccc(I)cc1. The molecule has 0 amide bonds. The standard InChI is InChI=1S/C14H10Cl2I2/c15-14(16)13(9-1-5-11(17)6-2-9)10-3-7-12(18)8-4-10/h1-8,13-14H. The maximum absolute atomic E-state index is 6.15. The van der Waals surface area contributed by atoms with Crippen LogP contribution in [0.2, 0.25) is 0 Å². The number of hydrogen-bond acceptors (Lipinski definition) is 0. The summed E-state index contributed by atoms with van der Waals surface area (Å²) < 4.78 is 2.41. The number of rotatable bonds is 3. The molecule has 0 saturated heterocycles. The van der Waals surface area contributed by atoms with Crippen molar-refractivity contribution >= 4 is 68.4 Å². The first-order valence-electron chi connectivity index (χ1n) is 5.37. The Kier molecular flexibility index (Phi) is 5.60. The fourth-order valence-corrected chi connectivity index (χ4v) is 3.12. The first-order chi connectivity index (χ1) is 8.58. The van der Waals surface area contributed by atoms with Crippen LogP contribution in [0, 0.1) is 7.14 Å². The first kappa shape index (κ1) is 14.9. The van der Waals surface area contributed by atoms with Crippen LogP contribution >= 0.6 is 68.4 Å². The smallest absolute Gasteiger partial charge is 0.104 e. The van der Waals surface area contributed by atoms with Crippen molar-refractivity contribution in [3.63, 3.8) is 0 Å². The molecule has 2 aromatic carbocycles. The molecule has 2 aromatic rings. The molecule has 94 valence electrons. The van der Waals surface area contributed by atoms with Crippen molar-refractivity contribution in [2.75, 3.05) is 0 Å². The van der Waals surface area contributed by atoms with Gasteiger partial charge in [0.1, 0.15) is 4.84 Å². The molecule has 0 radical (unpaired) electrons. The largest absolute Gasteiger partial charge is 0.118 e. The van der Waals surface area contributed by atoms with E-state index in [4.69, 9.17) is 23.2 Å². The summed E-state index contributed by atoms with van der Waals surface area (Å²) in [4.78, 5) is -0.454. The maximum atomic E-state index is 6.15. The molecule has 0 unspecified atom stereocenters. The third-order valence-corrected chi connectivity index (χ3v) is 4.65. The lowest BCUT2D eigenvalue weighted by molar-refractivity contribution is 0.886. The van der Waals surface area contributed by atoms with Crippen LogP contribution in [0.5, 0.6) is 0 Å². The van der Waals surface area contributed by atoms with Crippen molar-refractivity contribution < 1.29 is 0 Å². The molecule has 0 atom stereocenters. The van der Waals surface area contributed by atoms with Gasteiger partial charge in [0, 0.05) is 13.1 Å². The molecule has 0 aliphatic heterocycles. The van der Waals surface area contributed by atoms with Crippen LogP contribution in [0.1, 0.15) is 17.0 Å². The van der Waals surface area contributed by atoms with E-state index >= 15 is 0 Å². The normalized spacial score (nSPS) is 11.2. The molecule has 2 rings (SSSR count). The summed E-state index contributed by atoms with van der Waals surface area (Å²) >= 11 is 16.9. The van der Waals surface area contributed by atoms with Gasteiger partial charge in [-0.2, -0.15) is 0 Å². The molecule has 4 heteroatoms. The van der Waals surface area contributed by atoms with E-state index in [1.807, 2.05) is 0 Å². The molecule has 0 nitrogen and oxygen atoms in total. The number of halogens is 4. The topological polar surface area (TPSA) is 0 Å². The van der Waals surface area contributed by atoms with Gasteiger partial charge >= 0.3 is 0 Å². The monoisotopic (exact) mass is 502 g/mol. The molecule has 0 fully saturated rings. The van der Waals surface area contributed by atoms with Crippen LogP contribution in [-0.2, 0) is 0 Å². The van der Waals surface area contributed by atoms with Crippen molar-refractivity contribution in [1.29, 1.82) is 0 Å². The maximum Gasteiger partial charge on any atom is 0.118 e. The minimum Gasteiger partial charge on any atom is -0.104 e. The molecule has 0 aromatic heterocycles. The summed E-state index contributed by atoms with van der Waals surface area (Å²) in [6.45, 7) is 0. The predicted molar refractivity (Wildman–Crippen MR) is 95.7 cm³/mol. The van der Waals surface area contributed by atoms with Gasteiger partial charge in [-0.05, 0) is 80.6 Å². The minimum atomic E-state index is -0.454. The van der Waals surface area contributed by atoms with Gasteiger partial charge in [0.25, 0.3) is 0 Å². The quantitative estimate of drug-likeness (QED) is 0.366. The Bertz CT molecular complexity index is 461. The van der Waals surface area contributed by atoms with Gasteiger partial charge in [0.2, 0.25) is 0 Å². The Morgan fingerprint density at radius 3 is 1.28 bits per heavy atom. The zero-order chi connectivity index (χ0) is 13.1. The summed E-state index contributed by atoms with van der Waals surface area (Å²) in [6.07, 6.45) is 0. The average Bonchev–Trinajstić information content (AvgIpc) is 2.34. The van der Waals surface area contributed by atoms with Gasteiger partial charge in [-0.3, -0.25) is 0 Å². The molecule has 18 heavy (non-hydrogen) atoms. The summed E-state index contributed by atoms with van der Waals surface area (Å²) in [5, 5.41) is 0. The second kappa shape index (κ2) is 6.77. The Labute approximate surface area is 144 Å². The highest BCUT2D eigenvalue weighted by Gasteiger charge is 2.21.